The van der Waals surface area contributed by atoms with Crippen LogP contribution < -0.4 is 5.32 Å². The van der Waals surface area contributed by atoms with Gasteiger partial charge in [0.2, 0.25) is 0 Å². The predicted octanol–water partition coefficient (Wildman–Crippen LogP) is 0.857. The highest BCUT2D eigenvalue weighted by molar-refractivity contribution is 5.96. The number of carbonyl (C=O) groups excluding carboxylic acids is 2. The van der Waals surface area contributed by atoms with E-state index in [1.165, 1.54) is 19.5 Å². The topological polar surface area (TPSA) is 81.2 Å². The average Bonchev–Trinajstić information content (AvgIpc) is 2.38. The van der Waals surface area contributed by atoms with Gasteiger partial charge in [-0.1, -0.05) is 6.92 Å². The quantitative estimate of drug-likeness (QED) is 0.802. The van der Waals surface area contributed by atoms with Crippen LogP contribution in [0.4, 0.5) is 0 Å². The van der Waals surface area contributed by atoms with E-state index in [0.717, 1.165) is 5.69 Å². The maximum atomic E-state index is 11.9. The monoisotopic (exact) mass is 251 g/mol. The van der Waals surface area contributed by atoms with Crippen LogP contribution in [0.1, 0.15) is 36.5 Å². The van der Waals surface area contributed by atoms with E-state index in [0.29, 0.717) is 6.42 Å². The first-order valence-electron chi connectivity index (χ1n) is 5.62. The van der Waals surface area contributed by atoms with Gasteiger partial charge in [0.05, 0.1) is 19.0 Å². The lowest BCUT2D eigenvalue weighted by molar-refractivity contribution is -0.147. The summed E-state index contributed by atoms with van der Waals surface area (Å²) in [6, 6.07) is 0. The van der Waals surface area contributed by atoms with Gasteiger partial charge >= 0.3 is 5.97 Å². The van der Waals surface area contributed by atoms with Crippen LogP contribution in [-0.2, 0) is 9.53 Å². The van der Waals surface area contributed by atoms with Crippen molar-refractivity contribution in [2.24, 2.45) is 0 Å². The van der Waals surface area contributed by atoms with Crippen LogP contribution in [0, 0.1) is 6.92 Å². The summed E-state index contributed by atoms with van der Waals surface area (Å²) in [6.07, 6.45) is 3.29. The summed E-state index contributed by atoms with van der Waals surface area (Å²) in [4.78, 5) is 31.5. The zero-order valence-corrected chi connectivity index (χ0v) is 11.0. The molecule has 1 amide bonds. The number of carbonyl (C=O) groups is 2. The molecule has 0 radical (unpaired) electrons. The standard InChI is InChI=1S/C12H17N3O3/c1-5-12(3,11(17)18-4)15-10(16)9-7-13-8(2)6-14-9/h6-7H,5H2,1-4H3,(H,15,16). The lowest BCUT2D eigenvalue weighted by atomic mass is 9.99. The second-order valence-corrected chi connectivity index (χ2v) is 4.17. The number of ether oxygens (including phenoxy) is 1. The van der Waals surface area contributed by atoms with Gasteiger partial charge in [0, 0.05) is 6.20 Å². The molecule has 1 rings (SSSR count). The van der Waals surface area contributed by atoms with E-state index < -0.39 is 17.4 Å². The first-order chi connectivity index (χ1) is 8.42. The lowest BCUT2D eigenvalue weighted by Crippen LogP contribution is -2.52. The molecule has 1 atom stereocenters. The summed E-state index contributed by atoms with van der Waals surface area (Å²) in [5.74, 6) is -0.935. The second-order valence-electron chi connectivity index (χ2n) is 4.17. The summed E-state index contributed by atoms with van der Waals surface area (Å²) in [7, 11) is 1.29. The Bertz CT molecular complexity index is 444. The van der Waals surface area contributed by atoms with Crippen molar-refractivity contribution in [1.29, 1.82) is 0 Å². The van der Waals surface area contributed by atoms with Gasteiger partial charge in [-0.05, 0) is 20.3 Å². The third kappa shape index (κ3) is 3.03. The Morgan fingerprint density at radius 1 is 1.39 bits per heavy atom. The number of methoxy groups -OCH3 is 1. The van der Waals surface area contributed by atoms with Crippen molar-refractivity contribution in [2.75, 3.05) is 7.11 Å². The zero-order valence-electron chi connectivity index (χ0n) is 11.0. The largest absolute Gasteiger partial charge is 0.467 e. The maximum absolute atomic E-state index is 11.9. The van der Waals surface area contributed by atoms with Crippen molar-refractivity contribution < 1.29 is 14.3 Å². The smallest absolute Gasteiger partial charge is 0.331 e. The van der Waals surface area contributed by atoms with Gasteiger partial charge in [-0.2, -0.15) is 0 Å². The first-order valence-corrected chi connectivity index (χ1v) is 5.62. The van der Waals surface area contributed by atoms with Gasteiger partial charge in [-0.3, -0.25) is 9.78 Å². The summed E-state index contributed by atoms with van der Waals surface area (Å²) in [5.41, 5.74) is -0.166. The SMILES string of the molecule is CCC(C)(NC(=O)c1cnc(C)cn1)C(=O)OC. The molecule has 0 aromatic carbocycles. The Morgan fingerprint density at radius 2 is 2.06 bits per heavy atom. The number of hydrogen-bond donors (Lipinski definition) is 1. The van der Waals surface area contributed by atoms with Gasteiger partial charge in [-0.25, -0.2) is 9.78 Å². The number of nitrogens with zero attached hydrogens (tertiary/aromatic N) is 2. The molecule has 0 bridgehead atoms. The van der Waals surface area contributed by atoms with Gasteiger partial charge < -0.3 is 10.1 Å². The molecular weight excluding hydrogens is 234 g/mol. The van der Waals surface area contributed by atoms with Crippen molar-refractivity contribution in [3.05, 3.63) is 23.8 Å². The van der Waals surface area contributed by atoms with Crippen molar-refractivity contribution in [1.82, 2.24) is 15.3 Å². The van der Waals surface area contributed by atoms with E-state index in [1.807, 2.05) is 0 Å². The zero-order chi connectivity index (χ0) is 13.8. The molecule has 0 aliphatic carbocycles. The number of nitrogens with one attached hydrogen (secondary N) is 1. The number of amides is 1. The minimum atomic E-state index is -1.06. The molecule has 0 saturated heterocycles. The van der Waals surface area contributed by atoms with Gasteiger partial charge in [0.1, 0.15) is 11.2 Å². The Hall–Kier alpha value is -1.98. The van der Waals surface area contributed by atoms with E-state index in [9.17, 15) is 9.59 Å². The first kappa shape index (κ1) is 14.1. The highest BCUT2D eigenvalue weighted by atomic mass is 16.5. The highest BCUT2D eigenvalue weighted by Crippen LogP contribution is 2.12. The average molecular weight is 251 g/mol. The fraction of sp³-hybridized carbons (Fsp3) is 0.500. The van der Waals surface area contributed by atoms with Crippen molar-refractivity contribution in [3.8, 4) is 0 Å². The summed E-state index contributed by atoms with van der Waals surface area (Å²) in [5, 5.41) is 2.61. The van der Waals surface area contributed by atoms with Crippen LogP contribution in [0.3, 0.4) is 0 Å². The molecule has 0 aliphatic heterocycles. The summed E-state index contributed by atoms with van der Waals surface area (Å²) >= 11 is 0. The van der Waals surface area contributed by atoms with Crippen molar-refractivity contribution in [2.45, 2.75) is 32.7 Å². The minimum Gasteiger partial charge on any atom is -0.467 e. The fourth-order valence-corrected chi connectivity index (χ4v) is 1.33. The predicted molar refractivity (Wildman–Crippen MR) is 64.9 cm³/mol. The van der Waals surface area contributed by atoms with Crippen LogP contribution in [0.2, 0.25) is 0 Å². The third-order valence-electron chi connectivity index (χ3n) is 2.75. The van der Waals surface area contributed by atoms with E-state index >= 15 is 0 Å². The third-order valence-corrected chi connectivity index (χ3v) is 2.75. The van der Waals surface area contributed by atoms with Gasteiger partial charge in [0.25, 0.3) is 5.91 Å². The lowest BCUT2D eigenvalue weighted by Gasteiger charge is -2.26. The molecule has 6 nitrogen and oxygen atoms in total. The van der Waals surface area contributed by atoms with E-state index in [1.54, 1.807) is 20.8 Å². The molecule has 1 heterocycles. The van der Waals surface area contributed by atoms with Crippen LogP contribution in [-0.4, -0.2) is 34.5 Å². The van der Waals surface area contributed by atoms with Gasteiger partial charge in [0.15, 0.2) is 0 Å². The number of aryl methyl sites for hydroxylation is 1. The molecular formula is C12H17N3O3. The maximum Gasteiger partial charge on any atom is 0.331 e. The molecule has 1 N–H and O–H groups in total. The summed E-state index contributed by atoms with van der Waals surface area (Å²) in [6.45, 7) is 5.18. The molecule has 1 aromatic rings. The van der Waals surface area contributed by atoms with Crippen molar-refractivity contribution >= 4 is 11.9 Å². The fourth-order valence-electron chi connectivity index (χ4n) is 1.33. The van der Waals surface area contributed by atoms with Crippen LogP contribution in [0.25, 0.3) is 0 Å². The highest BCUT2D eigenvalue weighted by Gasteiger charge is 2.34. The molecule has 1 unspecified atom stereocenters. The normalized spacial score (nSPS) is 13.6. The van der Waals surface area contributed by atoms with Gasteiger partial charge in [-0.15, -0.1) is 0 Å². The molecule has 0 aliphatic rings. The molecule has 0 saturated carbocycles. The number of esters is 1. The van der Waals surface area contributed by atoms with Crippen LogP contribution >= 0.6 is 0 Å². The Balaban J connectivity index is 2.86. The number of aromatic nitrogens is 2. The van der Waals surface area contributed by atoms with Crippen LogP contribution in [0.5, 0.6) is 0 Å². The molecule has 1 aromatic heterocycles. The Labute approximate surface area is 106 Å². The second kappa shape index (κ2) is 5.57. The molecule has 6 heteroatoms. The molecule has 0 fully saturated rings. The van der Waals surface area contributed by atoms with Crippen molar-refractivity contribution in [3.63, 3.8) is 0 Å². The van der Waals surface area contributed by atoms with E-state index in [4.69, 9.17) is 0 Å². The number of hydrogen-bond acceptors (Lipinski definition) is 5. The molecule has 0 spiro atoms. The molecule has 18 heavy (non-hydrogen) atoms. The van der Waals surface area contributed by atoms with E-state index in [2.05, 4.69) is 20.0 Å². The minimum absolute atomic E-state index is 0.171. The summed E-state index contributed by atoms with van der Waals surface area (Å²) < 4.78 is 4.67. The van der Waals surface area contributed by atoms with E-state index in [-0.39, 0.29) is 5.69 Å². The molecule has 98 valence electrons. The number of rotatable bonds is 4. The Kier molecular flexibility index (Phi) is 4.36. The Morgan fingerprint density at radius 3 is 2.50 bits per heavy atom. The van der Waals surface area contributed by atoms with Crippen LogP contribution in [0.15, 0.2) is 12.4 Å².